The minimum absolute atomic E-state index is 0.448. The molecule has 3 rings (SSSR count). The first-order chi connectivity index (χ1) is 12.6. The van der Waals surface area contributed by atoms with E-state index in [9.17, 15) is 5.11 Å². The van der Waals surface area contributed by atoms with Gasteiger partial charge in [-0.05, 0) is 68.4 Å². The van der Waals surface area contributed by atoms with Gasteiger partial charge in [0, 0.05) is 17.8 Å². The number of halogens is 2. The van der Waals surface area contributed by atoms with Crippen LogP contribution in [-0.4, -0.2) is 17.4 Å². The normalized spacial score (nSPS) is 24.2. The summed E-state index contributed by atoms with van der Waals surface area (Å²) in [5, 5.41) is 10.8. The molecule has 0 unspecified atom stereocenters. The number of hydrogen-bond acceptors (Lipinski definition) is 2. The molecule has 5 heteroatoms. The monoisotopic (exact) mass is 473 g/mol. The van der Waals surface area contributed by atoms with Gasteiger partial charge in [-0.15, -0.1) is 0 Å². The van der Waals surface area contributed by atoms with E-state index in [1.165, 1.54) is 57.8 Å². The predicted molar refractivity (Wildman–Crippen MR) is 109 cm³/mol. The predicted octanol–water partition coefficient (Wildman–Crippen LogP) is 7.12. The van der Waals surface area contributed by atoms with Crippen molar-refractivity contribution in [3.05, 3.63) is 28.8 Å². The molecule has 0 radical (unpaired) electrons. The van der Waals surface area contributed by atoms with Crippen LogP contribution in [0.5, 0.6) is 5.75 Å². The third-order valence-corrected chi connectivity index (χ3v) is 5.91. The topological polar surface area (TPSA) is 32.6 Å². The Hall–Kier alpha value is 0.153. The van der Waals surface area contributed by atoms with Gasteiger partial charge in [-0.3, -0.25) is 4.99 Å². The molecular formula is C21H31Cl2NOZr. The third-order valence-electron chi connectivity index (χ3n) is 5.91. The van der Waals surface area contributed by atoms with Gasteiger partial charge in [0.1, 0.15) is 5.75 Å². The fourth-order valence-corrected chi connectivity index (χ4v) is 4.20. The molecule has 0 heterocycles. The zero-order valence-corrected chi connectivity index (χ0v) is 19.9. The summed E-state index contributed by atoms with van der Waals surface area (Å²) >= 11 is -0.826. The quantitative estimate of drug-likeness (QED) is 0.464. The molecule has 0 atom stereocenters. The molecule has 0 bridgehead atoms. The van der Waals surface area contributed by atoms with Gasteiger partial charge >= 0.3 is 37.9 Å². The molecule has 2 nitrogen and oxygen atoms in total. The van der Waals surface area contributed by atoms with Crippen LogP contribution in [0.4, 0.5) is 0 Å². The molecular weight excluding hydrogens is 444 g/mol. The Balaban J connectivity index is 0.000000758. The Kier molecular flexibility index (Phi) is 10.2. The van der Waals surface area contributed by atoms with Crippen molar-refractivity contribution < 1.29 is 26.0 Å². The number of phenolic OH excluding ortho intramolecular Hbond substituents is 1. The number of nitrogens with zero attached hydrogens (tertiary/aromatic N) is 1. The number of phenols is 1. The maximum absolute atomic E-state index is 10.8. The van der Waals surface area contributed by atoms with E-state index in [0.717, 1.165) is 22.6 Å². The molecule has 0 spiro atoms. The second kappa shape index (κ2) is 11.9. The molecule has 144 valence electrons. The van der Waals surface area contributed by atoms with Crippen molar-refractivity contribution in [3.8, 4) is 5.75 Å². The van der Waals surface area contributed by atoms with Crippen LogP contribution in [0.1, 0.15) is 87.3 Å². The molecule has 2 aliphatic rings. The molecule has 2 aliphatic carbocycles. The van der Waals surface area contributed by atoms with Gasteiger partial charge in [-0.1, -0.05) is 38.3 Å². The van der Waals surface area contributed by atoms with Crippen molar-refractivity contribution in [1.82, 2.24) is 0 Å². The van der Waals surface area contributed by atoms with Gasteiger partial charge in [0.2, 0.25) is 0 Å². The van der Waals surface area contributed by atoms with Gasteiger partial charge in [0.05, 0.1) is 0 Å². The van der Waals surface area contributed by atoms with E-state index in [-0.39, 0.29) is 0 Å². The van der Waals surface area contributed by atoms with Crippen molar-refractivity contribution in [3.63, 3.8) is 0 Å². The number of rotatable bonds is 3. The van der Waals surface area contributed by atoms with E-state index in [1.807, 2.05) is 6.21 Å². The van der Waals surface area contributed by atoms with E-state index in [1.54, 1.807) is 0 Å². The second-order valence-electron chi connectivity index (χ2n) is 7.83. The summed E-state index contributed by atoms with van der Waals surface area (Å²) in [5.41, 5.74) is 3.23. The molecule has 26 heavy (non-hydrogen) atoms. The average Bonchev–Trinajstić information content (AvgIpc) is 2.64. The molecule has 2 saturated carbocycles. The average molecular weight is 476 g/mol. The Morgan fingerprint density at radius 1 is 1.04 bits per heavy atom. The van der Waals surface area contributed by atoms with Crippen LogP contribution in [0.25, 0.3) is 0 Å². The molecule has 1 aromatic rings. The molecule has 2 fully saturated rings. The third kappa shape index (κ3) is 6.64. The van der Waals surface area contributed by atoms with E-state index >= 15 is 0 Å². The SMILES string of the molecule is Cc1ccc(C2CCCCC2)c(O)c1C=NC1CCC(C)CC1.[Cl][Zr][Cl]. The van der Waals surface area contributed by atoms with Gasteiger partial charge in [0.15, 0.2) is 0 Å². The molecule has 1 aromatic carbocycles. The summed E-state index contributed by atoms with van der Waals surface area (Å²) in [6, 6.07) is 4.75. The maximum atomic E-state index is 10.8. The van der Waals surface area contributed by atoms with Crippen LogP contribution in [0.15, 0.2) is 17.1 Å². The van der Waals surface area contributed by atoms with Gasteiger partial charge < -0.3 is 5.11 Å². The zero-order chi connectivity index (χ0) is 18.9. The van der Waals surface area contributed by atoms with Gasteiger partial charge in [0.25, 0.3) is 0 Å². The first-order valence-corrected chi connectivity index (χ1v) is 16.2. The van der Waals surface area contributed by atoms with Crippen LogP contribution in [0.2, 0.25) is 0 Å². The summed E-state index contributed by atoms with van der Waals surface area (Å²) in [6.45, 7) is 4.41. The van der Waals surface area contributed by atoms with Gasteiger partial charge in [-0.25, -0.2) is 0 Å². The Morgan fingerprint density at radius 2 is 1.65 bits per heavy atom. The van der Waals surface area contributed by atoms with Crippen LogP contribution < -0.4 is 0 Å². The zero-order valence-electron chi connectivity index (χ0n) is 16.0. The minimum atomic E-state index is -0.826. The van der Waals surface area contributed by atoms with Crippen LogP contribution in [0.3, 0.4) is 0 Å². The molecule has 1 N–H and O–H groups in total. The van der Waals surface area contributed by atoms with Crippen LogP contribution in [0, 0.1) is 12.8 Å². The second-order valence-corrected chi connectivity index (χ2v) is 11.6. The molecule has 0 saturated heterocycles. The van der Waals surface area contributed by atoms with Crippen LogP contribution >= 0.6 is 17.0 Å². The standard InChI is InChI=1S/C21H31NO.2ClH.Zr/c1-15-8-11-18(12-9-15)22-14-20-16(2)10-13-19(21(20)23)17-6-4-3-5-7-17;;;/h10,13-15,17-18,23H,3-9,11-12H2,1-2H3;2*1H;/q;;;+2/p-2. The van der Waals surface area contributed by atoms with Crippen molar-refractivity contribution in [2.75, 3.05) is 0 Å². The number of aliphatic imine (C=N–C) groups is 1. The summed E-state index contributed by atoms with van der Waals surface area (Å²) in [7, 11) is 9.87. The van der Waals surface area contributed by atoms with Crippen molar-refractivity contribution in [1.29, 1.82) is 0 Å². The first-order valence-electron chi connectivity index (χ1n) is 9.88. The summed E-state index contributed by atoms with van der Waals surface area (Å²) < 4.78 is 0. The number of hydrogen-bond donors (Lipinski definition) is 1. The van der Waals surface area contributed by atoms with Crippen molar-refractivity contribution >= 4 is 23.2 Å². The molecule has 0 aliphatic heterocycles. The summed E-state index contributed by atoms with van der Waals surface area (Å²) in [5.74, 6) is 1.88. The number of aryl methyl sites for hydroxylation is 1. The number of aromatic hydroxyl groups is 1. The molecule has 0 aromatic heterocycles. The van der Waals surface area contributed by atoms with Crippen molar-refractivity contribution in [2.45, 2.75) is 83.6 Å². The van der Waals surface area contributed by atoms with E-state index in [4.69, 9.17) is 22.0 Å². The van der Waals surface area contributed by atoms with E-state index in [0.29, 0.717) is 17.7 Å². The molecule has 0 amide bonds. The fourth-order valence-electron chi connectivity index (χ4n) is 4.20. The first kappa shape index (κ1) is 22.4. The Morgan fingerprint density at radius 3 is 2.27 bits per heavy atom. The summed E-state index contributed by atoms with van der Waals surface area (Å²) in [4.78, 5) is 4.81. The van der Waals surface area contributed by atoms with Gasteiger partial charge in [-0.2, -0.15) is 0 Å². The summed E-state index contributed by atoms with van der Waals surface area (Å²) in [6.07, 6.45) is 13.3. The van der Waals surface area contributed by atoms with E-state index in [2.05, 4.69) is 26.0 Å². The van der Waals surface area contributed by atoms with Crippen molar-refractivity contribution in [2.24, 2.45) is 10.9 Å². The van der Waals surface area contributed by atoms with E-state index < -0.39 is 20.8 Å². The Labute approximate surface area is 177 Å². The number of benzene rings is 1. The van der Waals surface area contributed by atoms with Crippen LogP contribution in [-0.2, 0) is 20.8 Å². The Bertz CT molecular complexity index is 580. The fraction of sp³-hybridized carbons (Fsp3) is 0.667.